The Bertz CT molecular complexity index is 373. The molecule has 3 nitrogen and oxygen atoms in total. The maximum absolute atomic E-state index is 6.10. The van der Waals surface area contributed by atoms with Crippen LogP contribution in [0.5, 0.6) is 5.88 Å². The number of rotatable bonds is 4. The molecule has 0 spiro atoms. The fourth-order valence-corrected chi connectivity index (χ4v) is 2.75. The Morgan fingerprint density at radius 1 is 1.39 bits per heavy atom. The van der Waals surface area contributed by atoms with Gasteiger partial charge < -0.3 is 9.64 Å². The molecule has 0 saturated carbocycles. The molecular formula is C14H21ClN2O. The number of aromatic nitrogens is 1. The van der Waals surface area contributed by atoms with E-state index in [1.54, 1.807) is 0 Å². The number of halogens is 1. The Labute approximate surface area is 114 Å². The fraction of sp³-hybridized carbons (Fsp3) is 0.643. The van der Waals surface area contributed by atoms with Crippen LogP contribution in [0.1, 0.15) is 32.6 Å². The predicted octanol–water partition coefficient (Wildman–Crippen LogP) is 3.47. The first-order valence-electron chi connectivity index (χ1n) is 6.77. The van der Waals surface area contributed by atoms with Crippen LogP contribution in [0.3, 0.4) is 0 Å². The van der Waals surface area contributed by atoms with Crippen molar-refractivity contribution in [2.75, 3.05) is 23.9 Å². The normalized spacial score (nSPS) is 20.6. The summed E-state index contributed by atoms with van der Waals surface area (Å²) in [4.78, 5) is 6.91. The van der Waals surface area contributed by atoms with E-state index in [2.05, 4.69) is 9.88 Å². The van der Waals surface area contributed by atoms with Crippen molar-refractivity contribution < 1.29 is 4.74 Å². The maximum atomic E-state index is 6.10. The van der Waals surface area contributed by atoms with Gasteiger partial charge in [0, 0.05) is 24.5 Å². The van der Waals surface area contributed by atoms with Crippen molar-refractivity contribution in [3.05, 3.63) is 18.2 Å². The summed E-state index contributed by atoms with van der Waals surface area (Å²) in [5.74, 6) is 2.36. The highest BCUT2D eigenvalue weighted by molar-refractivity contribution is 6.18. The van der Waals surface area contributed by atoms with E-state index in [-0.39, 0.29) is 0 Å². The standard InChI is InChI=1S/C14H21ClN2O/c1-2-18-14-9-6-8-13(16-14)17-10-5-3-4-7-12(17)11-15/h6,8-9,12H,2-5,7,10-11H2,1H3. The molecule has 1 aromatic heterocycles. The Morgan fingerprint density at radius 2 is 2.28 bits per heavy atom. The highest BCUT2D eigenvalue weighted by Gasteiger charge is 2.21. The van der Waals surface area contributed by atoms with Crippen molar-refractivity contribution in [1.29, 1.82) is 0 Å². The Balaban J connectivity index is 2.18. The predicted molar refractivity (Wildman–Crippen MR) is 75.7 cm³/mol. The molecule has 1 saturated heterocycles. The first kappa shape index (κ1) is 13.5. The molecule has 0 N–H and O–H groups in total. The molecule has 0 amide bonds. The van der Waals surface area contributed by atoms with Crippen LogP contribution in [0, 0.1) is 0 Å². The number of anilines is 1. The molecule has 2 heterocycles. The van der Waals surface area contributed by atoms with Crippen molar-refractivity contribution >= 4 is 17.4 Å². The molecule has 18 heavy (non-hydrogen) atoms. The molecule has 0 aromatic carbocycles. The largest absolute Gasteiger partial charge is 0.478 e. The summed E-state index contributed by atoms with van der Waals surface area (Å²) in [7, 11) is 0. The van der Waals surface area contributed by atoms with Crippen LogP contribution >= 0.6 is 11.6 Å². The number of alkyl halides is 1. The second-order valence-electron chi connectivity index (χ2n) is 4.62. The zero-order chi connectivity index (χ0) is 12.8. The van der Waals surface area contributed by atoms with Gasteiger partial charge in [-0.3, -0.25) is 0 Å². The third kappa shape index (κ3) is 3.29. The third-order valence-corrected chi connectivity index (χ3v) is 3.71. The summed E-state index contributed by atoms with van der Waals surface area (Å²) in [5.41, 5.74) is 0. The van der Waals surface area contributed by atoms with Crippen LogP contribution in [0.2, 0.25) is 0 Å². The van der Waals surface area contributed by atoms with Gasteiger partial charge in [-0.2, -0.15) is 4.98 Å². The lowest BCUT2D eigenvalue weighted by atomic mass is 10.1. The molecule has 4 heteroatoms. The van der Waals surface area contributed by atoms with Crippen LogP contribution in [0.4, 0.5) is 5.82 Å². The van der Waals surface area contributed by atoms with E-state index in [1.165, 1.54) is 19.3 Å². The lowest BCUT2D eigenvalue weighted by Crippen LogP contribution is -2.36. The van der Waals surface area contributed by atoms with Gasteiger partial charge in [0.1, 0.15) is 5.82 Å². The molecule has 1 unspecified atom stereocenters. The first-order valence-corrected chi connectivity index (χ1v) is 7.31. The van der Waals surface area contributed by atoms with E-state index in [1.807, 2.05) is 25.1 Å². The number of ether oxygens (including phenoxy) is 1. The lowest BCUT2D eigenvalue weighted by molar-refractivity contribution is 0.327. The van der Waals surface area contributed by atoms with Crippen LogP contribution in [-0.4, -0.2) is 30.1 Å². The first-order chi connectivity index (χ1) is 8.85. The summed E-state index contributed by atoms with van der Waals surface area (Å²) in [6, 6.07) is 6.36. The molecule has 1 atom stereocenters. The quantitative estimate of drug-likeness (QED) is 0.782. The Morgan fingerprint density at radius 3 is 3.06 bits per heavy atom. The van der Waals surface area contributed by atoms with Crippen molar-refractivity contribution in [2.45, 2.75) is 38.6 Å². The number of nitrogens with zero attached hydrogens (tertiary/aromatic N) is 2. The molecular weight excluding hydrogens is 248 g/mol. The number of pyridine rings is 1. The van der Waals surface area contributed by atoms with E-state index in [0.717, 1.165) is 18.8 Å². The summed E-state index contributed by atoms with van der Waals surface area (Å²) in [6.45, 7) is 3.66. The Hall–Kier alpha value is -0.960. The number of hydrogen-bond donors (Lipinski definition) is 0. The van der Waals surface area contributed by atoms with Gasteiger partial charge in [-0.05, 0) is 25.8 Å². The summed E-state index contributed by atoms with van der Waals surface area (Å²) in [5, 5.41) is 0. The molecule has 1 aromatic rings. The van der Waals surface area contributed by atoms with Crippen molar-refractivity contribution in [3.8, 4) is 5.88 Å². The third-order valence-electron chi connectivity index (χ3n) is 3.35. The molecule has 0 radical (unpaired) electrons. The van der Waals surface area contributed by atoms with Gasteiger partial charge in [-0.25, -0.2) is 0 Å². The fourth-order valence-electron chi connectivity index (χ4n) is 2.43. The van der Waals surface area contributed by atoms with Crippen molar-refractivity contribution in [2.24, 2.45) is 0 Å². The minimum atomic E-state index is 0.401. The topological polar surface area (TPSA) is 25.4 Å². The van der Waals surface area contributed by atoms with Crippen molar-refractivity contribution in [1.82, 2.24) is 4.98 Å². The van der Waals surface area contributed by atoms with Crippen LogP contribution < -0.4 is 9.64 Å². The monoisotopic (exact) mass is 268 g/mol. The lowest BCUT2D eigenvalue weighted by Gasteiger charge is -2.29. The van der Waals surface area contributed by atoms with E-state index in [9.17, 15) is 0 Å². The van der Waals surface area contributed by atoms with E-state index < -0.39 is 0 Å². The average Bonchev–Trinajstić information content (AvgIpc) is 2.64. The minimum Gasteiger partial charge on any atom is -0.478 e. The smallest absolute Gasteiger partial charge is 0.215 e. The SMILES string of the molecule is CCOc1cccc(N2CCCCCC2CCl)n1. The highest BCUT2D eigenvalue weighted by Crippen LogP contribution is 2.24. The molecule has 2 rings (SSSR count). The van der Waals surface area contributed by atoms with Gasteiger partial charge in [-0.15, -0.1) is 11.6 Å². The van der Waals surface area contributed by atoms with E-state index in [0.29, 0.717) is 24.4 Å². The second kappa shape index (κ2) is 6.83. The van der Waals surface area contributed by atoms with Gasteiger partial charge >= 0.3 is 0 Å². The summed E-state index contributed by atoms with van der Waals surface area (Å²) < 4.78 is 5.47. The van der Waals surface area contributed by atoms with E-state index >= 15 is 0 Å². The molecule has 1 aliphatic rings. The molecule has 1 aliphatic heterocycles. The molecule has 100 valence electrons. The zero-order valence-corrected chi connectivity index (χ0v) is 11.7. The Kier molecular flexibility index (Phi) is 5.12. The van der Waals surface area contributed by atoms with Gasteiger partial charge in [0.15, 0.2) is 0 Å². The van der Waals surface area contributed by atoms with Crippen LogP contribution in [0.15, 0.2) is 18.2 Å². The van der Waals surface area contributed by atoms with Gasteiger partial charge in [0.25, 0.3) is 0 Å². The molecule has 1 fully saturated rings. The number of hydrogen-bond acceptors (Lipinski definition) is 3. The van der Waals surface area contributed by atoms with Crippen molar-refractivity contribution in [3.63, 3.8) is 0 Å². The van der Waals surface area contributed by atoms with Gasteiger partial charge in [0.2, 0.25) is 5.88 Å². The maximum Gasteiger partial charge on any atom is 0.215 e. The van der Waals surface area contributed by atoms with Crippen LogP contribution in [0.25, 0.3) is 0 Å². The van der Waals surface area contributed by atoms with E-state index in [4.69, 9.17) is 16.3 Å². The highest BCUT2D eigenvalue weighted by atomic mass is 35.5. The minimum absolute atomic E-state index is 0.401. The molecule has 0 aliphatic carbocycles. The summed E-state index contributed by atoms with van der Waals surface area (Å²) in [6.07, 6.45) is 4.92. The average molecular weight is 269 g/mol. The van der Waals surface area contributed by atoms with Gasteiger partial charge in [0.05, 0.1) is 6.61 Å². The van der Waals surface area contributed by atoms with Crippen LogP contribution in [-0.2, 0) is 0 Å². The van der Waals surface area contributed by atoms with Gasteiger partial charge in [-0.1, -0.05) is 18.9 Å². The molecule has 0 bridgehead atoms. The second-order valence-corrected chi connectivity index (χ2v) is 4.93. The summed E-state index contributed by atoms with van der Waals surface area (Å²) >= 11 is 6.10. The zero-order valence-electron chi connectivity index (χ0n) is 10.9.